The summed E-state index contributed by atoms with van der Waals surface area (Å²) in [7, 11) is 0. The van der Waals surface area contributed by atoms with Crippen molar-refractivity contribution in [2.45, 2.75) is 25.8 Å². The number of carboxylic acids is 1. The fraction of sp³-hybridized carbons (Fsp3) is 0.429. The van der Waals surface area contributed by atoms with Crippen LogP contribution in [-0.2, 0) is 4.79 Å². The van der Waals surface area contributed by atoms with Crippen LogP contribution in [0.3, 0.4) is 0 Å². The van der Waals surface area contributed by atoms with Crippen LogP contribution < -0.4 is 10.2 Å². The number of hydrogen-bond donors (Lipinski definition) is 2. The summed E-state index contributed by atoms with van der Waals surface area (Å²) in [6.45, 7) is 1.75. The lowest BCUT2D eigenvalue weighted by atomic mass is 10.3. The van der Waals surface area contributed by atoms with Crippen molar-refractivity contribution in [2.75, 3.05) is 11.4 Å². The molecule has 0 aromatic heterocycles. The Morgan fingerprint density at radius 3 is 2.58 bits per heavy atom. The van der Waals surface area contributed by atoms with Crippen LogP contribution in [0.5, 0.6) is 0 Å². The first-order valence-corrected chi connectivity index (χ1v) is 6.46. The third kappa shape index (κ3) is 3.47. The van der Waals surface area contributed by atoms with Gasteiger partial charge in [-0.3, -0.25) is 9.69 Å². The summed E-state index contributed by atoms with van der Waals surface area (Å²) in [5.74, 6) is -0.492. The predicted octanol–water partition coefficient (Wildman–Crippen LogP) is 2.09. The molecule has 5 heteroatoms. The van der Waals surface area contributed by atoms with Crippen LogP contribution in [0.25, 0.3) is 0 Å². The Bertz CT molecular complexity index is 461. The van der Waals surface area contributed by atoms with Crippen molar-refractivity contribution < 1.29 is 14.7 Å². The number of anilines is 1. The molecule has 19 heavy (non-hydrogen) atoms. The van der Waals surface area contributed by atoms with E-state index in [0.717, 1.165) is 12.8 Å². The highest BCUT2D eigenvalue weighted by Gasteiger charge is 2.37. The van der Waals surface area contributed by atoms with Gasteiger partial charge in [0.2, 0.25) is 0 Å². The average Bonchev–Trinajstić information content (AvgIpc) is 3.15. The Balaban J connectivity index is 2.05. The van der Waals surface area contributed by atoms with Crippen LogP contribution in [0.2, 0.25) is 0 Å². The minimum absolute atomic E-state index is 0.192. The highest BCUT2D eigenvalue weighted by atomic mass is 16.4. The van der Waals surface area contributed by atoms with E-state index in [2.05, 4.69) is 12.2 Å². The highest BCUT2D eigenvalue weighted by molar-refractivity contribution is 5.96. The normalized spacial score (nSPS) is 20.7. The molecule has 0 radical (unpaired) electrons. The van der Waals surface area contributed by atoms with Crippen molar-refractivity contribution in [3.8, 4) is 0 Å². The van der Waals surface area contributed by atoms with Crippen LogP contribution in [-0.4, -0.2) is 29.7 Å². The number of carboxylic acid groups (broad SMARTS) is 1. The fourth-order valence-corrected chi connectivity index (χ4v) is 2.14. The number of amides is 2. The Morgan fingerprint density at radius 1 is 1.37 bits per heavy atom. The minimum atomic E-state index is -1.03. The molecule has 1 aliphatic rings. The van der Waals surface area contributed by atoms with Gasteiger partial charge < -0.3 is 10.4 Å². The predicted molar refractivity (Wildman–Crippen MR) is 72.1 cm³/mol. The topological polar surface area (TPSA) is 69.6 Å². The van der Waals surface area contributed by atoms with Gasteiger partial charge in [-0.15, -0.1) is 0 Å². The summed E-state index contributed by atoms with van der Waals surface area (Å²) in [5, 5.41) is 11.8. The molecule has 5 nitrogen and oxygen atoms in total. The number of nitrogens with zero attached hydrogens (tertiary/aromatic N) is 1. The van der Waals surface area contributed by atoms with Gasteiger partial charge in [0.1, 0.15) is 6.54 Å². The fourth-order valence-electron chi connectivity index (χ4n) is 2.14. The van der Waals surface area contributed by atoms with Gasteiger partial charge in [-0.05, 0) is 24.5 Å². The maximum atomic E-state index is 12.1. The number of nitrogens with one attached hydrogen (secondary N) is 1. The van der Waals surface area contributed by atoms with Gasteiger partial charge >= 0.3 is 12.0 Å². The number of carbonyl (C=O) groups excluding carboxylic acids is 1. The smallest absolute Gasteiger partial charge is 0.323 e. The molecular weight excluding hydrogens is 244 g/mol. The van der Waals surface area contributed by atoms with Gasteiger partial charge in [-0.25, -0.2) is 4.79 Å². The number of carbonyl (C=O) groups is 2. The van der Waals surface area contributed by atoms with Gasteiger partial charge in [0.05, 0.1) is 0 Å². The van der Waals surface area contributed by atoms with Crippen molar-refractivity contribution in [3.63, 3.8) is 0 Å². The average molecular weight is 262 g/mol. The number of aliphatic carboxylic acids is 1. The molecule has 1 aromatic carbocycles. The van der Waals surface area contributed by atoms with Crippen molar-refractivity contribution in [1.82, 2.24) is 5.32 Å². The third-order valence-electron chi connectivity index (χ3n) is 3.36. The second-order valence-electron chi connectivity index (χ2n) is 4.78. The largest absolute Gasteiger partial charge is 0.480 e. The van der Waals surface area contributed by atoms with Crippen molar-refractivity contribution in [3.05, 3.63) is 30.3 Å². The zero-order valence-electron chi connectivity index (χ0n) is 10.9. The molecule has 0 spiro atoms. The third-order valence-corrected chi connectivity index (χ3v) is 3.36. The molecule has 2 amide bonds. The monoisotopic (exact) mass is 262 g/mol. The molecule has 0 aliphatic heterocycles. The van der Waals surface area contributed by atoms with E-state index in [0.29, 0.717) is 11.6 Å². The maximum Gasteiger partial charge on any atom is 0.323 e. The molecule has 0 bridgehead atoms. The van der Waals surface area contributed by atoms with Crippen LogP contribution in [0.15, 0.2) is 30.3 Å². The van der Waals surface area contributed by atoms with E-state index in [9.17, 15) is 9.59 Å². The summed E-state index contributed by atoms with van der Waals surface area (Å²) in [4.78, 5) is 24.3. The zero-order chi connectivity index (χ0) is 13.8. The summed E-state index contributed by atoms with van der Waals surface area (Å²) in [6, 6.07) is 8.70. The highest BCUT2D eigenvalue weighted by Crippen LogP contribution is 2.33. The molecule has 102 valence electrons. The Kier molecular flexibility index (Phi) is 4.04. The Hall–Kier alpha value is -2.04. The second-order valence-corrected chi connectivity index (χ2v) is 4.78. The molecular formula is C14H18N2O3. The maximum absolute atomic E-state index is 12.1. The first-order valence-electron chi connectivity index (χ1n) is 6.46. The molecule has 0 heterocycles. The van der Waals surface area contributed by atoms with Gasteiger partial charge in [0.15, 0.2) is 0 Å². The van der Waals surface area contributed by atoms with Gasteiger partial charge in [-0.1, -0.05) is 31.5 Å². The van der Waals surface area contributed by atoms with E-state index in [-0.39, 0.29) is 18.6 Å². The van der Waals surface area contributed by atoms with Crippen LogP contribution in [0.4, 0.5) is 10.5 Å². The number of urea groups is 1. The van der Waals surface area contributed by atoms with Crippen molar-refractivity contribution >= 4 is 17.7 Å². The number of para-hydroxylation sites is 1. The summed E-state index contributed by atoms with van der Waals surface area (Å²) in [6.07, 6.45) is 2.02. The molecule has 1 aliphatic carbocycles. The van der Waals surface area contributed by atoms with E-state index < -0.39 is 5.97 Å². The molecule has 2 unspecified atom stereocenters. The van der Waals surface area contributed by atoms with Crippen LogP contribution in [0.1, 0.15) is 19.8 Å². The van der Waals surface area contributed by atoms with Gasteiger partial charge in [0.25, 0.3) is 0 Å². The van der Waals surface area contributed by atoms with E-state index in [1.54, 1.807) is 24.3 Å². The number of benzene rings is 1. The van der Waals surface area contributed by atoms with Crippen molar-refractivity contribution in [2.24, 2.45) is 5.92 Å². The Morgan fingerprint density at radius 2 is 2.05 bits per heavy atom. The molecule has 2 atom stereocenters. The lowest BCUT2D eigenvalue weighted by Gasteiger charge is -2.21. The van der Waals surface area contributed by atoms with E-state index >= 15 is 0 Å². The summed E-state index contributed by atoms with van der Waals surface area (Å²) >= 11 is 0. The zero-order valence-corrected chi connectivity index (χ0v) is 10.9. The minimum Gasteiger partial charge on any atom is -0.480 e. The molecule has 1 fully saturated rings. The van der Waals surface area contributed by atoms with E-state index in [1.807, 2.05) is 6.07 Å². The number of hydrogen-bond acceptors (Lipinski definition) is 2. The first-order chi connectivity index (χ1) is 9.11. The Labute approximate surface area is 112 Å². The summed E-state index contributed by atoms with van der Waals surface area (Å²) < 4.78 is 0. The lowest BCUT2D eigenvalue weighted by molar-refractivity contribution is -0.135. The first kappa shape index (κ1) is 13.4. The van der Waals surface area contributed by atoms with Gasteiger partial charge in [0, 0.05) is 11.7 Å². The van der Waals surface area contributed by atoms with E-state index in [4.69, 9.17) is 5.11 Å². The van der Waals surface area contributed by atoms with Gasteiger partial charge in [-0.2, -0.15) is 0 Å². The summed E-state index contributed by atoms with van der Waals surface area (Å²) in [5.41, 5.74) is 0.594. The van der Waals surface area contributed by atoms with E-state index in [1.165, 1.54) is 4.90 Å². The second kappa shape index (κ2) is 5.73. The van der Waals surface area contributed by atoms with Crippen molar-refractivity contribution in [1.29, 1.82) is 0 Å². The number of rotatable bonds is 5. The van der Waals surface area contributed by atoms with Crippen LogP contribution in [0, 0.1) is 5.92 Å². The molecule has 1 saturated carbocycles. The standard InChI is InChI=1S/C14H18N2O3/c1-2-10-8-12(10)15-14(19)16(9-13(17)18)11-6-4-3-5-7-11/h3-7,10,12H,2,8-9H2,1H3,(H,15,19)(H,17,18). The SMILES string of the molecule is CCC1CC1NC(=O)N(CC(=O)O)c1ccccc1. The molecule has 2 rings (SSSR count). The van der Waals surface area contributed by atoms with Crippen LogP contribution >= 0.6 is 0 Å². The molecule has 1 aromatic rings. The molecule has 0 saturated heterocycles. The molecule has 2 N–H and O–H groups in total. The lowest BCUT2D eigenvalue weighted by Crippen LogP contribution is -2.44. The quantitative estimate of drug-likeness (QED) is 0.853.